The Bertz CT molecular complexity index is 417. The van der Waals surface area contributed by atoms with Crippen molar-refractivity contribution >= 4 is 11.4 Å². The molecule has 0 saturated carbocycles. The highest BCUT2D eigenvalue weighted by Gasteiger charge is 2.24. The third-order valence-electron chi connectivity index (χ3n) is 3.67. The predicted octanol–water partition coefficient (Wildman–Crippen LogP) is 2.91. The van der Waals surface area contributed by atoms with Crippen LogP contribution in [0.3, 0.4) is 0 Å². The van der Waals surface area contributed by atoms with E-state index >= 15 is 0 Å². The molecule has 0 spiro atoms. The molecule has 4 nitrogen and oxygen atoms in total. The molecule has 0 radical (unpaired) electrons. The summed E-state index contributed by atoms with van der Waals surface area (Å²) in [6.45, 7) is 6.53. The zero-order chi connectivity index (χ0) is 13.9. The molecule has 0 heterocycles. The second kappa shape index (κ2) is 5.38. The van der Waals surface area contributed by atoms with Gasteiger partial charge < -0.3 is 20.1 Å². The Morgan fingerprint density at radius 2 is 1.67 bits per heavy atom. The summed E-state index contributed by atoms with van der Waals surface area (Å²) in [5, 5.41) is 0. The van der Waals surface area contributed by atoms with E-state index in [2.05, 4.69) is 25.7 Å². The van der Waals surface area contributed by atoms with E-state index in [9.17, 15) is 0 Å². The van der Waals surface area contributed by atoms with Crippen LogP contribution in [0, 0.1) is 0 Å². The minimum absolute atomic E-state index is 0.0354. The van der Waals surface area contributed by atoms with Crippen LogP contribution in [-0.2, 0) is 0 Å². The minimum Gasteiger partial charge on any atom is -0.493 e. The molecule has 18 heavy (non-hydrogen) atoms. The van der Waals surface area contributed by atoms with Crippen molar-refractivity contribution in [3.63, 3.8) is 0 Å². The van der Waals surface area contributed by atoms with Crippen LogP contribution in [0.4, 0.5) is 11.4 Å². The molecule has 4 heteroatoms. The topological polar surface area (TPSA) is 47.7 Å². The molecule has 0 aliphatic heterocycles. The molecule has 0 bridgehead atoms. The van der Waals surface area contributed by atoms with Crippen LogP contribution in [-0.4, -0.2) is 26.8 Å². The van der Waals surface area contributed by atoms with Crippen LogP contribution >= 0.6 is 0 Å². The zero-order valence-electron chi connectivity index (χ0n) is 12.2. The van der Waals surface area contributed by atoms with Gasteiger partial charge in [-0.15, -0.1) is 0 Å². The predicted molar refractivity (Wildman–Crippen MR) is 76.7 cm³/mol. The largest absolute Gasteiger partial charge is 0.493 e. The van der Waals surface area contributed by atoms with E-state index in [0.29, 0.717) is 17.2 Å². The van der Waals surface area contributed by atoms with Gasteiger partial charge in [0.15, 0.2) is 11.5 Å². The molecule has 1 rings (SSSR count). The highest BCUT2D eigenvalue weighted by Crippen LogP contribution is 2.38. The van der Waals surface area contributed by atoms with E-state index in [1.54, 1.807) is 20.3 Å². The number of nitrogen functional groups attached to an aromatic ring is 1. The number of rotatable bonds is 5. The molecule has 0 unspecified atom stereocenters. The molecule has 0 amide bonds. The molecule has 0 fully saturated rings. The summed E-state index contributed by atoms with van der Waals surface area (Å²) in [7, 11) is 5.28. The Labute approximate surface area is 110 Å². The first kappa shape index (κ1) is 14.5. The minimum atomic E-state index is 0.0354. The first-order valence-electron chi connectivity index (χ1n) is 6.12. The molecular formula is C14H24N2O2. The molecule has 102 valence electrons. The number of hydrogen-bond donors (Lipinski definition) is 1. The number of methoxy groups -OCH3 is 2. The summed E-state index contributed by atoms with van der Waals surface area (Å²) in [6.07, 6.45) is 1.03. The van der Waals surface area contributed by atoms with Crippen LogP contribution < -0.4 is 20.1 Å². The molecule has 1 aromatic carbocycles. The van der Waals surface area contributed by atoms with Gasteiger partial charge in [-0.1, -0.05) is 6.92 Å². The number of anilines is 2. The van der Waals surface area contributed by atoms with Gasteiger partial charge in [0.2, 0.25) is 0 Å². The smallest absolute Gasteiger partial charge is 0.162 e. The molecule has 1 aromatic rings. The van der Waals surface area contributed by atoms with Crippen molar-refractivity contribution in [1.29, 1.82) is 0 Å². The van der Waals surface area contributed by atoms with E-state index in [-0.39, 0.29) is 5.54 Å². The van der Waals surface area contributed by atoms with E-state index < -0.39 is 0 Å². The Balaban J connectivity index is 3.25. The molecule has 0 atom stereocenters. The summed E-state index contributed by atoms with van der Waals surface area (Å²) in [5.74, 6) is 1.35. The Morgan fingerprint density at radius 1 is 1.17 bits per heavy atom. The van der Waals surface area contributed by atoms with E-state index in [0.717, 1.165) is 12.1 Å². The average molecular weight is 252 g/mol. The van der Waals surface area contributed by atoms with Crippen molar-refractivity contribution in [2.75, 3.05) is 31.9 Å². The quantitative estimate of drug-likeness (QED) is 0.819. The van der Waals surface area contributed by atoms with Crippen molar-refractivity contribution in [2.24, 2.45) is 0 Å². The normalized spacial score (nSPS) is 11.2. The average Bonchev–Trinajstić information content (AvgIpc) is 2.37. The fourth-order valence-electron chi connectivity index (χ4n) is 1.74. The zero-order valence-corrected chi connectivity index (χ0v) is 12.2. The van der Waals surface area contributed by atoms with E-state index in [4.69, 9.17) is 15.2 Å². The second-order valence-corrected chi connectivity index (χ2v) is 4.99. The SMILES string of the molecule is CCC(C)(C)N(C)c1cc(OC)c(OC)cc1N. The van der Waals surface area contributed by atoms with Crippen LogP contribution in [0.15, 0.2) is 12.1 Å². The lowest BCUT2D eigenvalue weighted by Crippen LogP contribution is -2.40. The summed E-state index contributed by atoms with van der Waals surface area (Å²) >= 11 is 0. The standard InChI is InChI=1S/C14H24N2O2/c1-7-14(2,3)16(4)11-9-13(18-6)12(17-5)8-10(11)15/h8-9H,7,15H2,1-6H3. The number of ether oxygens (including phenoxy) is 2. The third-order valence-corrected chi connectivity index (χ3v) is 3.67. The van der Waals surface area contributed by atoms with Gasteiger partial charge in [0.25, 0.3) is 0 Å². The lowest BCUT2D eigenvalue weighted by atomic mass is 9.98. The van der Waals surface area contributed by atoms with Crippen molar-refractivity contribution in [1.82, 2.24) is 0 Å². The number of benzene rings is 1. The summed E-state index contributed by atoms with van der Waals surface area (Å²) in [4.78, 5) is 2.17. The summed E-state index contributed by atoms with van der Waals surface area (Å²) in [6, 6.07) is 3.72. The Hall–Kier alpha value is -1.58. The van der Waals surface area contributed by atoms with Crippen molar-refractivity contribution < 1.29 is 9.47 Å². The van der Waals surface area contributed by atoms with Gasteiger partial charge in [-0.3, -0.25) is 0 Å². The van der Waals surface area contributed by atoms with Crippen molar-refractivity contribution in [2.45, 2.75) is 32.7 Å². The third kappa shape index (κ3) is 2.63. The van der Waals surface area contributed by atoms with Crippen LogP contribution in [0.2, 0.25) is 0 Å². The van der Waals surface area contributed by atoms with E-state index in [1.807, 2.05) is 13.1 Å². The molecular weight excluding hydrogens is 228 g/mol. The first-order chi connectivity index (χ1) is 8.37. The van der Waals surface area contributed by atoms with Gasteiger partial charge in [0, 0.05) is 24.7 Å². The molecule has 2 N–H and O–H groups in total. The monoisotopic (exact) mass is 252 g/mol. The lowest BCUT2D eigenvalue weighted by Gasteiger charge is -2.37. The maximum atomic E-state index is 6.10. The molecule has 0 aromatic heterocycles. The summed E-state index contributed by atoms with van der Waals surface area (Å²) < 4.78 is 10.6. The highest BCUT2D eigenvalue weighted by atomic mass is 16.5. The van der Waals surface area contributed by atoms with Crippen LogP contribution in [0.1, 0.15) is 27.2 Å². The van der Waals surface area contributed by atoms with Gasteiger partial charge in [0.05, 0.1) is 25.6 Å². The van der Waals surface area contributed by atoms with Crippen LogP contribution in [0.5, 0.6) is 11.5 Å². The molecule has 0 aliphatic rings. The van der Waals surface area contributed by atoms with Gasteiger partial charge in [-0.2, -0.15) is 0 Å². The Kier molecular flexibility index (Phi) is 4.33. The maximum absolute atomic E-state index is 6.10. The fraction of sp³-hybridized carbons (Fsp3) is 0.571. The lowest BCUT2D eigenvalue weighted by molar-refractivity contribution is 0.355. The highest BCUT2D eigenvalue weighted by molar-refractivity contribution is 5.73. The van der Waals surface area contributed by atoms with Gasteiger partial charge in [-0.05, 0) is 20.3 Å². The van der Waals surface area contributed by atoms with Crippen molar-refractivity contribution in [3.8, 4) is 11.5 Å². The van der Waals surface area contributed by atoms with Crippen molar-refractivity contribution in [3.05, 3.63) is 12.1 Å². The van der Waals surface area contributed by atoms with E-state index in [1.165, 1.54) is 0 Å². The fourth-order valence-corrected chi connectivity index (χ4v) is 1.74. The second-order valence-electron chi connectivity index (χ2n) is 4.99. The number of nitrogens with zero attached hydrogens (tertiary/aromatic N) is 1. The Morgan fingerprint density at radius 3 is 2.11 bits per heavy atom. The van der Waals surface area contributed by atoms with Crippen LogP contribution in [0.25, 0.3) is 0 Å². The molecule has 0 saturated heterocycles. The maximum Gasteiger partial charge on any atom is 0.162 e. The van der Waals surface area contributed by atoms with Gasteiger partial charge >= 0.3 is 0 Å². The first-order valence-corrected chi connectivity index (χ1v) is 6.12. The van der Waals surface area contributed by atoms with Gasteiger partial charge in [-0.25, -0.2) is 0 Å². The molecule has 0 aliphatic carbocycles. The number of hydrogen-bond acceptors (Lipinski definition) is 4. The van der Waals surface area contributed by atoms with Gasteiger partial charge in [0.1, 0.15) is 0 Å². The summed E-state index contributed by atoms with van der Waals surface area (Å²) in [5.41, 5.74) is 7.78. The number of nitrogens with two attached hydrogens (primary N) is 1.